The van der Waals surface area contributed by atoms with Crippen molar-refractivity contribution in [1.82, 2.24) is 4.90 Å². The first-order chi connectivity index (χ1) is 15.8. The minimum absolute atomic E-state index is 0.0849. The summed E-state index contributed by atoms with van der Waals surface area (Å²) in [5, 5.41) is 0. The molecule has 0 saturated heterocycles. The second kappa shape index (κ2) is 13.4. The summed E-state index contributed by atoms with van der Waals surface area (Å²) in [6.45, 7) is 8.19. The monoisotopic (exact) mass is 447 g/mol. The van der Waals surface area contributed by atoms with Gasteiger partial charge in [0, 0.05) is 17.8 Å². The molecule has 0 spiro atoms. The quantitative estimate of drug-likeness (QED) is 0.160. The van der Waals surface area contributed by atoms with Gasteiger partial charge in [0.2, 0.25) is 0 Å². The van der Waals surface area contributed by atoms with Gasteiger partial charge in [0.25, 0.3) is 5.91 Å². The molecule has 2 aromatic rings. The highest BCUT2D eigenvalue weighted by molar-refractivity contribution is 5.94. The van der Waals surface area contributed by atoms with Crippen molar-refractivity contribution in [1.29, 1.82) is 0 Å². The van der Waals surface area contributed by atoms with Crippen LogP contribution in [0.15, 0.2) is 84.6 Å². The highest BCUT2D eigenvalue weighted by atomic mass is 16.6. The minimum atomic E-state index is -0.548. The van der Waals surface area contributed by atoms with Crippen LogP contribution < -0.4 is 0 Å². The molecule has 0 aliphatic heterocycles. The van der Waals surface area contributed by atoms with Crippen molar-refractivity contribution in [3.63, 3.8) is 0 Å². The van der Waals surface area contributed by atoms with E-state index in [1.54, 1.807) is 17.2 Å². The molecule has 0 aliphatic carbocycles. The summed E-state index contributed by atoms with van der Waals surface area (Å²) in [4.78, 5) is 27.4. The van der Waals surface area contributed by atoms with Crippen molar-refractivity contribution < 1.29 is 14.3 Å². The van der Waals surface area contributed by atoms with Gasteiger partial charge >= 0.3 is 5.97 Å². The Kier molecular flexibility index (Phi) is 10.6. The van der Waals surface area contributed by atoms with Crippen LogP contribution in [0.25, 0.3) is 0 Å². The van der Waals surface area contributed by atoms with Gasteiger partial charge in [-0.05, 0) is 63.0 Å². The van der Waals surface area contributed by atoms with Gasteiger partial charge in [-0.2, -0.15) is 0 Å². The molecule has 4 heteroatoms. The van der Waals surface area contributed by atoms with Crippen LogP contribution in [0, 0.1) is 0 Å². The van der Waals surface area contributed by atoms with E-state index in [4.69, 9.17) is 4.74 Å². The lowest BCUT2D eigenvalue weighted by molar-refractivity contribution is -0.148. The smallest absolute Gasteiger partial charge is 0.331 e. The van der Waals surface area contributed by atoms with Crippen LogP contribution in [-0.2, 0) is 16.1 Å². The van der Waals surface area contributed by atoms with Gasteiger partial charge < -0.3 is 9.64 Å². The van der Waals surface area contributed by atoms with Crippen LogP contribution in [0.5, 0.6) is 0 Å². The Morgan fingerprint density at radius 1 is 0.909 bits per heavy atom. The largest absolute Gasteiger partial charge is 0.457 e. The van der Waals surface area contributed by atoms with Gasteiger partial charge in [0.05, 0.1) is 6.54 Å². The first kappa shape index (κ1) is 26.1. The van der Waals surface area contributed by atoms with E-state index in [-0.39, 0.29) is 11.9 Å². The molecule has 0 aromatic heterocycles. The molecule has 0 unspecified atom stereocenters. The number of rotatable bonds is 11. The van der Waals surface area contributed by atoms with E-state index in [2.05, 4.69) is 6.92 Å². The van der Waals surface area contributed by atoms with Crippen molar-refractivity contribution in [3.05, 3.63) is 95.7 Å². The number of allylic oxidation sites excluding steroid dienone is 2. The second-order valence-corrected chi connectivity index (χ2v) is 9.16. The number of carbonyl (C=O) groups excluding carboxylic acids is 2. The number of hydrogen-bond acceptors (Lipinski definition) is 3. The predicted molar refractivity (Wildman–Crippen MR) is 135 cm³/mol. The summed E-state index contributed by atoms with van der Waals surface area (Å²) in [6.07, 6.45) is 10.4. The topological polar surface area (TPSA) is 46.6 Å². The number of nitrogens with zero attached hydrogens (tertiary/aromatic N) is 1. The van der Waals surface area contributed by atoms with Gasteiger partial charge in [0.1, 0.15) is 5.60 Å². The molecule has 0 fully saturated rings. The normalized spacial score (nSPS) is 12.1. The van der Waals surface area contributed by atoms with Crippen molar-refractivity contribution in [2.45, 2.75) is 71.9 Å². The summed E-state index contributed by atoms with van der Waals surface area (Å²) in [5.41, 5.74) is 1.97. The van der Waals surface area contributed by atoms with E-state index in [1.165, 1.54) is 0 Å². The van der Waals surface area contributed by atoms with E-state index < -0.39 is 5.60 Å². The van der Waals surface area contributed by atoms with E-state index >= 15 is 0 Å². The Balaban J connectivity index is 2.27. The van der Waals surface area contributed by atoms with E-state index in [1.807, 2.05) is 87.5 Å². The molecule has 2 rings (SSSR count). The Morgan fingerprint density at radius 3 is 2.15 bits per heavy atom. The Labute approximate surface area is 199 Å². The van der Waals surface area contributed by atoms with Crippen molar-refractivity contribution in [2.24, 2.45) is 0 Å². The van der Waals surface area contributed by atoms with Crippen LogP contribution in [0.2, 0.25) is 0 Å². The van der Waals surface area contributed by atoms with Gasteiger partial charge in [0.15, 0.2) is 0 Å². The molecule has 0 heterocycles. The zero-order chi connectivity index (χ0) is 24.1. The fourth-order valence-corrected chi connectivity index (χ4v) is 3.35. The van der Waals surface area contributed by atoms with Gasteiger partial charge in [-0.25, -0.2) is 4.79 Å². The lowest BCUT2D eigenvalue weighted by Gasteiger charge is -2.20. The van der Waals surface area contributed by atoms with E-state index in [0.29, 0.717) is 12.1 Å². The van der Waals surface area contributed by atoms with E-state index in [9.17, 15) is 9.59 Å². The van der Waals surface area contributed by atoms with Gasteiger partial charge in [-0.1, -0.05) is 74.7 Å². The van der Waals surface area contributed by atoms with Crippen molar-refractivity contribution in [2.75, 3.05) is 0 Å². The zero-order valence-electron chi connectivity index (χ0n) is 20.4. The molecule has 2 aromatic carbocycles. The molecule has 0 bridgehead atoms. The highest BCUT2D eigenvalue weighted by Crippen LogP contribution is 2.17. The maximum atomic E-state index is 13.2. The maximum Gasteiger partial charge on any atom is 0.331 e. The van der Waals surface area contributed by atoms with Crippen LogP contribution >= 0.6 is 0 Å². The standard InChI is InChI=1S/C29H37NO3/c1-5-6-7-10-15-24(22-27(31)33-29(2,3)4)20-21-30(23-25-16-11-8-12-17-25)28(32)26-18-13-9-14-19-26/h8-9,11-14,16-22H,5-7,10,15,23H2,1-4H3/b21-20+,24-22+. The predicted octanol–water partition coefficient (Wildman–Crippen LogP) is 7.08. The molecule has 33 heavy (non-hydrogen) atoms. The summed E-state index contributed by atoms with van der Waals surface area (Å²) in [6, 6.07) is 19.1. The molecular weight excluding hydrogens is 410 g/mol. The highest BCUT2D eigenvalue weighted by Gasteiger charge is 2.16. The van der Waals surface area contributed by atoms with Crippen LogP contribution in [-0.4, -0.2) is 22.4 Å². The Morgan fingerprint density at radius 2 is 1.55 bits per heavy atom. The van der Waals surface area contributed by atoms with Crippen LogP contribution in [0.3, 0.4) is 0 Å². The molecule has 0 N–H and O–H groups in total. The summed E-state index contributed by atoms with van der Waals surface area (Å²) in [7, 11) is 0. The third-order valence-electron chi connectivity index (χ3n) is 4.97. The van der Waals surface area contributed by atoms with Gasteiger partial charge in [-0.15, -0.1) is 0 Å². The Hall–Kier alpha value is -3.14. The van der Waals surface area contributed by atoms with Crippen LogP contribution in [0.1, 0.15) is 75.7 Å². The minimum Gasteiger partial charge on any atom is -0.457 e. The fraction of sp³-hybridized carbons (Fsp3) is 0.379. The van der Waals surface area contributed by atoms with Crippen LogP contribution in [0.4, 0.5) is 0 Å². The zero-order valence-corrected chi connectivity index (χ0v) is 20.4. The molecule has 0 saturated carbocycles. The SMILES string of the molecule is CCCCCCC(/C=C/N(Cc1ccccc1)C(=O)c1ccccc1)=C\C(=O)OC(C)(C)C. The molecular formula is C29H37NO3. The molecule has 176 valence electrons. The number of unbranched alkanes of at least 4 members (excludes halogenated alkanes) is 3. The molecule has 1 amide bonds. The molecule has 0 atom stereocenters. The first-order valence-electron chi connectivity index (χ1n) is 11.8. The average molecular weight is 448 g/mol. The third kappa shape index (κ3) is 10.3. The van der Waals surface area contributed by atoms with E-state index in [0.717, 1.165) is 43.2 Å². The molecule has 0 radical (unpaired) electrons. The number of esters is 1. The van der Waals surface area contributed by atoms with Gasteiger partial charge in [-0.3, -0.25) is 4.79 Å². The van der Waals surface area contributed by atoms with Crippen molar-refractivity contribution >= 4 is 11.9 Å². The summed E-state index contributed by atoms with van der Waals surface area (Å²) < 4.78 is 5.49. The second-order valence-electron chi connectivity index (χ2n) is 9.16. The lowest BCUT2D eigenvalue weighted by Crippen LogP contribution is -2.25. The van der Waals surface area contributed by atoms with Crippen molar-refractivity contribution in [3.8, 4) is 0 Å². The summed E-state index contributed by atoms with van der Waals surface area (Å²) >= 11 is 0. The molecule has 4 nitrogen and oxygen atoms in total. The number of hydrogen-bond donors (Lipinski definition) is 0. The first-order valence-corrected chi connectivity index (χ1v) is 11.8. The molecule has 0 aliphatic rings. The number of ether oxygens (including phenoxy) is 1. The number of benzene rings is 2. The maximum absolute atomic E-state index is 13.2. The lowest BCUT2D eigenvalue weighted by atomic mass is 10.1. The average Bonchev–Trinajstić information content (AvgIpc) is 2.78. The third-order valence-corrected chi connectivity index (χ3v) is 4.97. The summed E-state index contributed by atoms with van der Waals surface area (Å²) in [5.74, 6) is -0.444. The number of amides is 1. The number of carbonyl (C=O) groups is 2. The fourth-order valence-electron chi connectivity index (χ4n) is 3.35. The Bertz CT molecular complexity index is 924.